The third-order valence-corrected chi connectivity index (χ3v) is 6.82. The first kappa shape index (κ1) is 28.9. The van der Waals surface area contributed by atoms with Crippen molar-refractivity contribution in [2.75, 3.05) is 25.5 Å². The molecule has 0 saturated carbocycles. The van der Waals surface area contributed by atoms with Crippen molar-refractivity contribution in [3.8, 4) is 6.07 Å². The zero-order valence-electron chi connectivity index (χ0n) is 22.6. The lowest BCUT2D eigenvalue weighted by molar-refractivity contribution is -0.215. The summed E-state index contributed by atoms with van der Waals surface area (Å²) in [5, 5.41) is 17.7. The first-order chi connectivity index (χ1) is 18.8. The molecule has 1 fully saturated rings. The van der Waals surface area contributed by atoms with Crippen molar-refractivity contribution in [1.82, 2.24) is 19.7 Å². The van der Waals surface area contributed by atoms with Crippen molar-refractivity contribution in [2.45, 2.75) is 63.5 Å². The summed E-state index contributed by atoms with van der Waals surface area (Å²) in [6, 6.07) is 9.38. The third-order valence-electron chi connectivity index (χ3n) is 6.82. The van der Waals surface area contributed by atoms with Gasteiger partial charge in [0.05, 0.1) is 23.5 Å². The Balaban J connectivity index is 1.67. The first-order valence-corrected chi connectivity index (χ1v) is 12.7. The first-order valence-electron chi connectivity index (χ1n) is 12.7. The molecule has 2 N–H and O–H groups in total. The predicted octanol–water partition coefficient (Wildman–Crippen LogP) is 5.36. The standard InChI is InChI=1S/C27H31F3N6O4/c1-25(2,3)40-24(38)35-15-11-26(10-13-31,12-16-35)36-19-9-14-32-23(37)20(19)22(34-36)33-18-7-5-17(6-8-18)21(39-4)27(28,29)30/h5-9,14,21H,10-12,15-16H2,1-4H3,(H,32,37)(H,33,34). The van der Waals surface area contributed by atoms with Crippen LogP contribution < -0.4 is 10.9 Å². The van der Waals surface area contributed by atoms with E-state index in [4.69, 9.17) is 9.84 Å². The van der Waals surface area contributed by atoms with E-state index in [0.717, 1.165) is 7.11 Å². The molecule has 1 atom stereocenters. The van der Waals surface area contributed by atoms with Crippen LogP contribution in [0.25, 0.3) is 10.9 Å². The normalized spacial score (nSPS) is 16.4. The number of anilines is 2. The molecule has 1 aliphatic heterocycles. The Morgan fingerprint density at radius 3 is 2.40 bits per heavy atom. The van der Waals surface area contributed by atoms with Crippen molar-refractivity contribution >= 4 is 28.5 Å². The van der Waals surface area contributed by atoms with Crippen LogP contribution in [-0.2, 0) is 15.0 Å². The number of ether oxygens (including phenoxy) is 2. The van der Waals surface area contributed by atoms with Crippen molar-refractivity contribution in [1.29, 1.82) is 5.26 Å². The maximum atomic E-state index is 13.2. The predicted molar refractivity (Wildman–Crippen MR) is 141 cm³/mol. The highest BCUT2D eigenvalue weighted by Crippen LogP contribution is 2.39. The summed E-state index contributed by atoms with van der Waals surface area (Å²) in [5.41, 5.74) is -1.05. The van der Waals surface area contributed by atoms with Crippen LogP contribution in [0.3, 0.4) is 0 Å². The summed E-state index contributed by atoms with van der Waals surface area (Å²) in [5.74, 6) is 0.190. The Labute approximate surface area is 228 Å². The Morgan fingerprint density at radius 1 is 1.20 bits per heavy atom. The van der Waals surface area contributed by atoms with Crippen LogP contribution in [0.4, 0.5) is 29.5 Å². The molecule has 0 spiro atoms. The Bertz CT molecular complexity index is 1460. The number of amides is 1. The number of rotatable bonds is 6. The van der Waals surface area contributed by atoms with Gasteiger partial charge in [-0.3, -0.25) is 9.48 Å². The molecule has 0 bridgehead atoms. The maximum Gasteiger partial charge on any atom is 0.418 e. The van der Waals surface area contributed by atoms with Gasteiger partial charge in [-0.15, -0.1) is 0 Å². The quantitative estimate of drug-likeness (QED) is 0.416. The fourth-order valence-electron chi connectivity index (χ4n) is 4.91. The molecule has 1 unspecified atom stereocenters. The smallest absolute Gasteiger partial charge is 0.418 e. The molecule has 40 heavy (non-hydrogen) atoms. The number of likely N-dealkylation sites (tertiary alicyclic amines) is 1. The van der Waals surface area contributed by atoms with Crippen LogP contribution in [0.1, 0.15) is 51.7 Å². The van der Waals surface area contributed by atoms with E-state index in [1.54, 1.807) is 36.4 Å². The van der Waals surface area contributed by atoms with E-state index in [1.807, 2.05) is 0 Å². The number of aromatic amines is 1. The van der Waals surface area contributed by atoms with E-state index in [9.17, 15) is 28.0 Å². The molecule has 13 heteroatoms. The van der Waals surface area contributed by atoms with Crippen molar-refractivity contribution in [2.24, 2.45) is 0 Å². The summed E-state index contributed by atoms with van der Waals surface area (Å²) in [7, 11) is 0.991. The highest BCUT2D eigenvalue weighted by Gasteiger charge is 2.42. The van der Waals surface area contributed by atoms with E-state index in [2.05, 4.69) is 21.1 Å². The number of H-pyrrole nitrogens is 1. The van der Waals surface area contributed by atoms with Crippen LogP contribution in [0.5, 0.6) is 0 Å². The molecule has 1 aliphatic rings. The highest BCUT2D eigenvalue weighted by molar-refractivity contribution is 5.91. The monoisotopic (exact) mass is 560 g/mol. The lowest BCUT2D eigenvalue weighted by Gasteiger charge is -2.41. The van der Waals surface area contributed by atoms with E-state index in [0.29, 0.717) is 37.1 Å². The van der Waals surface area contributed by atoms with E-state index >= 15 is 0 Å². The number of carbonyl (C=O) groups is 1. The molecule has 2 aromatic heterocycles. The number of halogens is 3. The zero-order chi connectivity index (χ0) is 29.3. The number of fused-ring (bicyclic) bond motifs is 1. The Morgan fingerprint density at radius 2 is 1.85 bits per heavy atom. The van der Waals surface area contributed by atoms with Crippen LogP contribution in [0.15, 0.2) is 41.3 Å². The molecule has 1 amide bonds. The largest absolute Gasteiger partial charge is 0.444 e. The summed E-state index contributed by atoms with van der Waals surface area (Å²) in [6.07, 6.45) is -4.71. The average molecular weight is 561 g/mol. The lowest BCUT2D eigenvalue weighted by Crippen LogP contribution is -2.49. The second-order valence-corrected chi connectivity index (χ2v) is 10.8. The molecule has 3 heterocycles. The number of hydrogen-bond donors (Lipinski definition) is 2. The maximum absolute atomic E-state index is 13.2. The van der Waals surface area contributed by atoms with Crippen LogP contribution in [0, 0.1) is 11.3 Å². The molecule has 214 valence electrons. The average Bonchev–Trinajstić information content (AvgIpc) is 3.24. The minimum Gasteiger partial charge on any atom is -0.444 e. The number of methoxy groups -OCH3 is 1. The highest BCUT2D eigenvalue weighted by atomic mass is 19.4. The van der Waals surface area contributed by atoms with Crippen molar-refractivity contribution < 1.29 is 27.4 Å². The van der Waals surface area contributed by atoms with Gasteiger partial charge < -0.3 is 24.7 Å². The van der Waals surface area contributed by atoms with Gasteiger partial charge in [-0.2, -0.15) is 23.5 Å². The number of benzene rings is 1. The number of pyridine rings is 1. The fraction of sp³-hybridized carbons (Fsp3) is 0.481. The number of hydrogen-bond acceptors (Lipinski definition) is 7. The molecule has 3 aromatic rings. The van der Waals surface area contributed by atoms with Gasteiger partial charge in [0, 0.05) is 32.1 Å². The molecule has 4 rings (SSSR count). The molecule has 10 nitrogen and oxygen atoms in total. The topological polar surface area (TPSA) is 125 Å². The number of alkyl halides is 3. The van der Waals surface area contributed by atoms with Gasteiger partial charge in [0.1, 0.15) is 11.0 Å². The molecule has 0 radical (unpaired) electrons. The molecule has 1 saturated heterocycles. The van der Waals surface area contributed by atoms with Crippen LogP contribution in [-0.4, -0.2) is 57.7 Å². The van der Waals surface area contributed by atoms with Crippen molar-refractivity contribution in [3.05, 3.63) is 52.4 Å². The Kier molecular flexibility index (Phi) is 7.85. The summed E-state index contributed by atoms with van der Waals surface area (Å²) in [4.78, 5) is 29.7. The van der Waals surface area contributed by atoms with E-state index < -0.39 is 35.1 Å². The zero-order valence-corrected chi connectivity index (χ0v) is 22.6. The third kappa shape index (κ3) is 5.91. The lowest BCUT2D eigenvalue weighted by atomic mass is 9.85. The molecule has 0 aliphatic carbocycles. The summed E-state index contributed by atoms with van der Waals surface area (Å²) >= 11 is 0. The number of nitriles is 1. The minimum absolute atomic E-state index is 0.0708. The van der Waals surface area contributed by atoms with E-state index in [1.165, 1.54) is 30.5 Å². The van der Waals surface area contributed by atoms with Gasteiger partial charge in [-0.05, 0) is 57.4 Å². The SMILES string of the molecule is COC(c1ccc(Nc2nn(C3(CC#N)CCN(C(=O)OC(C)(C)C)CC3)c3cc[nH]c(=O)c23)cc1)C(F)(F)F. The van der Waals surface area contributed by atoms with Crippen molar-refractivity contribution in [3.63, 3.8) is 0 Å². The molecular formula is C27H31F3N6O4. The molecular weight excluding hydrogens is 529 g/mol. The van der Waals surface area contributed by atoms with Gasteiger partial charge >= 0.3 is 12.3 Å². The summed E-state index contributed by atoms with van der Waals surface area (Å²) < 4.78 is 51.5. The van der Waals surface area contributed by atoms with Gasteiger partial charge in [0.15, 0.2) is 11.9 Å². The molecule has 1 aromatic carbocycles. The Hall–Kier alpha value is -4.05. The van der Waals surface area contributed by atoms with Crippen LogP contribution >= 0.6 is 0 Å². The minimum atomic E-state index is -4.57. The summed E-state index contributed by atoms with van der Waals surface area (Å²) in [6.45, 7) is 6.01. The number of aromatic nitrogens is 3. The fourth-order valence-corrected chi connectivity index (χ4v) is 4.91. The van der Waals surface area contributed by atoms with E-state index in [-0.39, 0.29) is 23.2 Å². The number of piperidine rings is 1. The van der Waals surface area contributed by atoms with Gasteiger partial charge in [-0.25, -0.2) is 4.79 Å². The van der Waals surface area contributed by atoms with Crippen LogP contribution in [0.2, 0.25) is 0 Å². The number of nitrogens with one attached hydrogen (secondary N) is 2. The van der Waals surface area contributed by atoms with Gasteiger partial charge in [0.2, 0.25) is 0 Å². The second kappa shape index (κ2) is 10.8. The second-order valence-electron chi connectivity index (χ2n) is 10.8. The van der Waals surface area contributed by atoms with Gasteiger partial charge in [-0.1, -0.05) is 12.1 Å². The number of nitrogens with zero attached hydrogens (tertiary/aromatic N) is 4. The van der Waals surface area contributed by atoms with Gasteiger partial charge in [0.25, 0.3) is 5.56 Å². The number of carbonyl (C=O) groups excluding carboxylic acids is 1.